The summed E-state index contributed by atoms with van der Waals surface area (Å²) in [7, 11) is 1.61. The van der Waals surface area contributed by atoms with E-state index in [-0.39, 0.29) is 25.6 Å². The Bertz CT molecular complexity index is 1050. The Morgan fingerprint density at radius 3 is 2.78 bits per heavy atom. The van der Waals surface area contributed by atoms with Crippen LogP contribution in [0, 0.1) is 0 Å². The van der Waals surface area contributed by atoms with Gasteiger partial charge in [0.2, 0.25) is 5.95 Å². The highest BCUT2D eigenvalue weighted by Crippen LogP contribution is 2.26. The summed E-state index contributed by atoms with van der Waals surface area (Å²) in [6.07, 6.45) is 7.60. The van der Waals surface area contributed by atoms with Crippen LogP contribution in [0.2, 0.25) is 0 Å². The van der Waals surface area contributed by atoms with Gasteiger partial charge in [-0.1, -0.05) is 38.3 Å². The van der Waals surface area contributed by atoms with E-state index in [0.29, 0.717) is 18.2 Å². The van der Waals surface area contributed by atoms with E-state index in [9.17, 15) is 4.79 Å². The third kappa shape index (κ3) is 5.97. The standard InChI is InChI=1S/C24H32N4O4/c1-3-4-5-6-7-19-23-20(27-24(25)26-19)10-11-28(23)16-18-9-8-17(14-21(18)31-2)15-22(30)32-13-12-29/h8-11,14,29H,3-7,12-13,15-16H2,1-2H3,(H2,25,26,27). The van der Waals surface area contributed by atoms with Crippen LogP contribution in [0.1, 0.15) is 49.4 Å². The minimum absolute atomic E-state index is 0.00210. The zero-order valence-corrected chi connectivity index (χ0v) is 18.8. The predicted molar refractivity (Wildman–Crippen MR) is 124 cm³/mol. The lowest BCUT2D eigenvalue weighted by Crippen LogP contribution is -2.11. The predicted octanol–water partition coefficient (Wildman–Crippen LogP) is 3.27. The number of nitrogens with zero attached hydrogens (tertiary/aromatic N) is 3. The van der Waals surface area contributed by atoms with E-state index in [2.05, 4.69) is 21.5 Å². The molecule has 172 valence electrons. The van der Waals surface area contributed by atoms with Crippen molar-refractivity contribution in [3.63, 3.8) is 0 Å². The number of methoxy groups -OCH3 is 1. The number of ether oxygens (including phenoxy) is 2. The molecule has 0 fully saturated rings. The molecule has 0 saturated heterocycles. The van der Waals surface area contributed by atoms with Gasteiger partial charge in [-0.3, -0.25) is 4.79 Å². The SMILES string of the molecule is CCCCCCc1nc(N)nc2ccn(Cc3ccc(CC(=O)OCCO)cc3OC)c12. The maximum absolute atomic E-state index is 11.8. The van der Waals surface area contributed by atoms with Gasteiger partial charge in [-0.15, -0.1) is 0 Å². The fourth-order valence-corrected chi connectivity index (χ4v) is 3.82. The van der Waals surface area contributed by atoms with Gasteiger partial charge in [0.05, 0.1) is 43.4 Å². The van der Waals surface area contributed by atoms with Gasteiger partial charge in [0.1, 0.15) is 12.4 Å². The van der Waals surface area contributed by atoms with Crippen LogP contribution in [0.3, 0.4) is 0 Å². The molecule has 0 spiro atoms. The molecule has 3 rings (SSSR count). The summed E-state index contributed by atoms with van der Waals surface area (Å²) in [5, 5.41) is 8.79. The Morgan fingerprint density at radius 1 is 1.19 bits per heavy atom. The van der Waals surface area contributed by atoms with Crippen molar-refractivity contribution < 1.29 is 19.4 Å². The molecule has 0 aliphatic carbocycles. The van der Waals surface area contributed by atoms with E-state index in [4.69, 9.17) is 20.3 Å². The second-order valence-electron chi connectivity index (χ2n) is 7.78. The first kappa shape index (κ1) is 23.5. The van der Waals surface area contributed by atoms with Crippen molar-refractivity contribution >= 4 is 23.0 Å². The van der Waals surface area contributed by atoms with E-state index in [1.54, 1.807) is 7.11 Å². The number of aromatic nitrogens is 3. The number of hydrogen-bond donors (Lipinski definition) is 2. The van der Waals surface area contributed by atoms with E-state index in [1.807, 2.05) is 30.5 Å². The van der Waals surface area contributed by atoms with Gasteiger partial charge in [-0.05, 0) is 30.5 Å². The number of carbonyl (C=O) groups is 1. The normalized spacial score (nSPS) is 11.1. The first-order valence-electron chi connectivity index (χ1n) is 11.1. The van der Waals surface area contributed by atoms with Crippen molar-refractivity contribution in [2.24, 2.45) is 0 Å². The summed E-state index contributed by atoms with van der Waals surface area (Å²) < 4.78 is 12.7. The van der Waals surface area contributed by atoms with Crippen molar-refractivity contribution in [3.05, 3.63) is 47.3 Å². The molecule has 0 unspecified atom stereocenters. The first-order chi connectivity index (χ1) is 15.5. The van der Waals surface area contributed by atoms with Crippen LogP contribution >= 0.6 is 0 Å². The smallest absolute Gasteiger partial charge is 0.310 e. The lowest BCUT2D eigenvalue weighted by molar-refractivity contribution is -0.143. The number of anilines is 1. The Balaban J connectivity index is 1.83. The summed E-state index contributed by atoms with van der Waals surface area (Å²) in [4.78, 5) is 20.8. The molecule has 8 nitrogen and oxygen atoms in total. The molecule has 0 bridgehead atoms. The maximum Gasteiger partial charge on any atom is 0.310 e. The van der Waals surface area contributed by atoms with Crippen LogP contribution in [0.25, 0.3) is 11.0 Å². The Morgan fingerprint density at radius 2 is 2.03 bits per heavy atom. The fourth-order valence-electron chi connectivity index (χ4n) is 3.82. The monoisotopic (exact) mass is 440 g/mol. The number of carbonyl (C=O) groups excluding carboxylic acids is 1. The van der Waals surface area contributed by atoms with Crippen molar-refractivity contribution in [1.29, 1.82) is 0 Å². The number of benzene rings is 1. The number of unbranched alkanes of at least 4 members (excludes halogenated alkanes) is 3. The Kier molecular flexibility index (Phi) is 8.44. The minimum atomic E-state index is -0.382. The molecular weight excluding hydrogens is 408 g/mol. The molecule has 32 heavy (non-hydrogen) atoms. The molecule has 2 aromatic heterocycles. The highest BCUT2D eigenvalue weighted by Gasteiger charge is 2.14. The fraction of sp³-hybridized carbons (Fsp3) is 0.458. The summed E-state index contributed by atoms with van der Waals surface area (Å²) >= 11 is 0. The zero-order valence-electron chi connectivity index (χ0n) is 18.8. The molecule has 0 atom stereocenters. The maximum atomic E-state index is 11.8. The summed E-state index contributed by atoms with van der Waals surface area (Å²) in [5.74, 6) is 0.614. The lowest BCUT2D eigenvalue weighted by Gasteiger charge is -2.14. The number of esters is 1. The van der Waals surface area contributed by atoms with Crippen LogP contribution in [-0.4, -0.2) is 45.9 Å². The second kappa shape index (κ2) is 11.5. The molecule has 0 saturated carbocycles. The zero-order chi connectivity index (χ0) is 22.9. The van der Waals surface area contributed by atoms with Gasteiger partial charge in [0, 0.05) is 11.8 Å². The quantitative estimate of drug-likeness (QED) is 0.328. The topological polar surface area (TPSA) is 112 Å². The molecule has 8 heteroatoms. The van der Waals surface area contributed by atoms with E-state index in [1.165, 1.54) is 19.3 Å². The van der Waals surface area contributed by atoms with Gasteiger partial charge >= 0.3 is 5.97 Å². The van der Waals surface area contributed by atoms with Crippen LogP contribution in [0.15, 0.2) is 30.5 Å². The number of aliphatic hydroxyl groups excluding tert-OH is 1. The summed E-state index contributed by atoms with van der Waals surface area (Å²) in [6, 6.07) is 7.66. The van der Waals surface area contributed by atoms with Crippen molar-refractivity contribution in [1.82, 2.24) is 14.5 Å². The number of fused-ring (bicyclic) bond motifs is 1. The number of aliphatic hydroxyl groups is 1. The van der Waals surface area contributed by atoms with E-state index >= 15 is 0 Å². The number of aryl methyl sites for hydroxylation is 1. The van der Waals surface area contributed by atoms with Gasteiger partial charge in [0.25, 0.3) is 0 Å². The minimum Gasteiger partial charge on any atom is -0.496 e. The van der Waals surface area contributed by atoms with Crippen LogP contribution in [-0.2, 0) is 28.9 Å². The van der Waals surface area contributed by atoms with Crippen LogP contribution < -0.4 is 10.5 Å². The first-order valence-corrected chi connectivity index (χ1v) is 11.1. The van der Waals surface area contributed by atoms with Crippen molar-refractivity contribution in [2.45, 2.75) is 52.0 Å². The number of nitrogen functional groups attached to an aromatic ring is 1. The largest absolute Gasteiger partial charge is 0.496 e. The lowest BCUT2D eigenvalue weighted by atomic mass is 10.1. The summed E-state index contributed by atoms with van der Waals surface area (Å²) in [6.45, 7) is 2.59. The average molecular weight is 441 g/mol. The highest BCUT2D eigenvalue weighted by atomic mass is 16.5. The molecule has 0 amide bonds. The molecular formula is C24H32N4O4. The molecule has 1 aromatic carbocycles. The molecule has 2 heterocycles. The van der Waals surface area contributed by atoms with Gasteiger partial charge in [-0.2, -0.15) is 0 Å². The van der Waals surface area contributed by atoms with E-state index in [0.717, 1.165) is 40.7 Å². The molecule has 0 aliphatic rings. The van der Waals surface area contributed by atoms with Gasteiger partial charge < -0.3 is 24.9 Å². The van der Waals surface area contributed by atoms with Crippen molar-refractivity contribution in [2.75, 3.05) is 26.1 Å². The molecule has 3 aromatic rings. The highest BCUT2D eigenvalue weighted by molar-refractivity contribution is 5.79. The molecule has 0 aliphatic heterocycles. The summed E-state index contributed by atoms with van der Waals surface area (Å²) in [5.41, 5.74) is 10.5. The Labute approximate surface area is 188 Å². The Hall–Kier alpha value is -3.13. The van der Waals surface area contributed by atoms with Gasteiger partial charge in [-0.25, -0.2) is 9.97 Å². The molecule has 3 N–H and O–H groups in total. The number of rotatable bonds is 12. The van der Waals surface area contributed by atoms with E-state index < -0.39 is 0 Å². The third-order valence-electron chi connectivity index (χ3n) is 5.36. The third-order valence-corrected chi connectivity index (χ3v) is 5.36. The van der Waals surface area contributed by atoms with Crippen LogP contribution in [0.4, 0.5) is 5.95 Å². The van der Waals surface area contributed by atoms with Crippen molar-refractivity contribution in [3.8, 4) is 5.75 Å². The van der Waals surface area contributed by atoms with Crippen LogP contribution in [0.5, 0.6) is 5.75 Å². The van der Waals surface area contributed by atoms with Gasteiger partial charge in [0.15, 0.2) is 0 Å². The number of nitrogens with two attached hydrogens (primary N) is 1. The average Bonchev–Trinajstić information content (AvgIpc) is 3.18. The molecule has 0 radical (unpaired) electrons. The second-order valence-corrected chi connectivity index (χ2v) is 7.78. The number of hydrogen-bond acceptors (Lipinski definition) is 7.